The van der Waals surface area contributed by atoms with E-state index in [9.17, 15) is 4.39 Å². The van der Waals surface area contributed by atoms with E-state index in [2.05, 4.69) is 15.1 Å². The van der Waals surface area contributed by atoms with E-state index in [4.69, 9.17) is 4.52 Å². The molecule has 6 heteroatoms. The monoisotopic (exact) mass is 351 g/mol. The first-order chi connectivity index (χ1) is 12.1. The van der Waals surface area contributed by atoms with Gasteiger partial charge >= 0.3 is 0 Å². The fourth-order valence-electron chi connectivity index (χ4n) is 2.47. The van der Waals surface area contributed by atoms with Gasteiger partial charge in [0.25, 0.3) is 5.89 Å². The molecular formula is C19H14FN3OS. The first-order valence-electron chi connectivity index (χ1n) is 7.73. The fraction of sp³-hybridized carbons (Fsp3) is 0.105. The number of rotatable bonds is 3. The second kappa shape index (κ2) is 6.22. The Morgan fingerprint density at radius 1 is 0.920 bits per heavy atom. The van der Waals surface area contributed by atoms with E-state index in [-0.39, 0.29) is 5.82 Å². The van der Waals surface area contributed by atoms with Gasteiger partial charge in [-0.3, -0.25) is 0 Å². The van der Waals surface area contributed by atoms with Gasteiger partial charge in [-0.05, 0) is 31.5 Å². The molecule has 0 atom stereocenters. The third kappa shape index (κ3) is 3.08. The first-order valence-corrected chi connectivity index (χ1v) is 8.61. The molecule has 0 N–H and O–H groups in total. The lowest BCUT2D eigenvalue weighted by Gasteiger charge is -1.99. The van der Waals surface area contributed by atoms with Crippen LogP contribution in [0.5, 0.6) is 0 Å². The number of thiazole rings is 1. The summed E-state index contributed by atoms with van der Waals surface area (Å²) in [7, 11) is 0. The highest BCUT2D eigenvalue weighted by atomic mass is 32.1. The van der Waals surface area contributed by atoms with Crippen molar-refractivity contribution >= 4 is 11.3 Å². The van der Waals surface area contributed by atoms with Gasteiger partial charge in [-0.2, -0.15) is 4.98 Å². The number of nitrogens with zero attached hydrogens (tertiary/aromatic N) is 3. The summed E-state index contributed by atoms with van der Waals surface area (Å²) in [5.74, 6) is 0.477. The summed E-state index contributed by atoms with van der Waals surface area (Å²) in [4.78, 5) is 8.85. The molecule has 0 amide bonds. The minimum Gasteiger partial charge on any atom is -0.334 e. The van der Waals surface area contributed by atoms with Gasteiger partial charge in [0.15, 0.2) is 0 Å². The number of halogens is 1. The van der Waals surface area contributed by atoms with E-state index in [1.807, 2.05) is 36.6 Å². The largest absolute Gasteiger partial charge is 0.334 e. The Morgan fingerprint density at radius 3 is 2.32 bits per heavy atom. The van der Waals surface area contributed by atoms with Gasteiger partial charge < -0.3 is 4.52 Å². The van der Waals surface area contributed by atoms with Crippen LogP contribution in [0.3, 0.4) is 0 Å². The molecule has 0 aliphatic carbocycles. The van der Waals surface area contributed by atoms with Crippen molar-refractivity contribution in [2.45, 2.75) is 13.8 Å². The lowest BCUT2D eigenvalue weighted by molar-refractivity contribution is 0.432. The van der Waals surface area contributed by atoms with E-state index in [1.54, 1.807) is 30.4 Å². The van der Waals surface area contributed by atoms with E-state index >= 15 is 0 Å². The van der Waals surface area contributed by atoms with Crippen LogP contribution in [0.15, 0.2) is 52.4 Å². The molecule has 2 aromatic carbocycles. The second-order valence-electron chi connectivity index (χ2n) is 5.72. The zero-order valence-corrected chi connectivity index (χ0v) is 14.5. The van der Waals surface area contributed by atoms with Gasteiger partial charge in [0, 0.05) is 22.1 Å². The average molecular weight is 351 g/mol. The SMILES string of the molecule is Cc1nc(-c2ccc(-c3noc(-c4ccc(C)c(F)c4)n3)cc2)cs1. The third-order valence-electron chi connectivity index (χ3n) is 3.90. The van der Waals surface area contributed by atoms with Crippen molar-refractivity contribution < 1.29 is 8.91 Å². The van der Waals surface area contributed by atoms with Gasteiger partial charge in [-0.1, -0.05) is 35.5 Å². The molecule has 4 rings (SSSR count). The average Bonchev–Trinajstić information content (AvgIpc) is 3.27. The quantitative estimate of drug-likeness (QED) is 0.504. The smallest absolute Gasteiger partial charge is 0.258 e. The minimum atomic E-state index is -0.292. The number of aryl methyl sites for hydroxylation is 2. The molecule has 4 nitrogen and oxygen atoms in total. The maximum atomic E-state index is 13.7. The summed E-state index contributed by atoms with van der Waals surface area (Å²) in [6, 6.07) is 12.7. The van der Waals surface area contributed by atoms with Gasteiger partial charge in [-0.15, -0.1) is 11.3 Å². The molecule has 2 heterocycles. The topological polar surface area (TPSA) is 51.8 Å². The van der Waals surface area contributed by atoms with Crippen LogP contribution in [-0.2, 0) is 0 Å². The molecule has 2 aromatic heterocycles. The van der Waals surface area contributed by atoms with E-state index in [0.717, 1.165) is 21.8 Å². The van der Waals surface area contributed by atoms with Crippen LogP contribution in [0.4, 0.5) is 4.39 Å². The van der Waals surface area contributed by atoms with Crippen molar-refractivity contribution in [3.63, 3.8) is 0 Å². The molecule has 4 aromatic rings. The Kier molecular flexibility index (Phi) is 3.89. The Hall–Kier alpha value is -2.86. The minimum absolute atomic E-state index is 0.292. The van der Waals surface area contributed by atoms with E-state index in [0.29, 0.717) is 22.8 Å². The molecule has 0 saturated heterocycles. The summed E-state index contributed by atoms with van der Waals surface area (Å²) in [5.41, 5.74) is 3.97. The van der Waals surface area contributed by atoms with E-state index in [1.165, 1.54) is 6.07 Å². The number of hydrogen-bond donors (Lipinski definition) is 0. The van der Waals surface area contributed by atoms with Crippen LogP contribution in [0.1, 0.15) is 10.6 Å². The first kappa shape index (κ1) is 15.7. The Labute approximate surface area is 148 Å². The standard InChI is InChI=1S/C19H14FN3OS/c1-11-3-4-15(9-16(11)20)19-22-18(23-24-19)14-7-5-13(6-8-14)17-10-25-12(2)21-17/h3-10H,1-2H3. The maximum absolute atomic E-state index is 13.7. The highest BCUT2D eigenvalue weighted by molar-refractivity contribution is 7.09. The zero-order chi connectivity index (χ0) is 17.4. The molecule has 0 spiro atoms. The van der Waals surface area contributed by atoms with Crippen molar-refractivity contribution in [2.24, 2.45) is 0 Å². The van der Waals surface area contributed by atoms with E-state index < -0.39 is 0 Å². The molecule has 0 fully saturated rings. The third-order valence-corrected chi connectivity index (χ3v) is 4.68. The van der Waals surface area contributed by atoms with Crippen molar-refractivity contribution in [1.29, 1.82) is 0 Å². The lowest BCUT2D eigenvalue weighted by Crippen LogP contribution is -1.85. The van der Waals surface area contributed by atoms with Crippen molar-refractivity contribution in [2.75, 3.05) is 0 Å². The molecule has 0 radical (unpaired) electrons. The number of hydrogen-bond acceptors (Lipinski definition) is 5. The van der Waals surface area contributed by atoms with Crippen LogP contribution in [0.2, 0.25) is 0 Å². The number of aromatic nitrogens is 3. The van der Waals surface area contributed by atoms with Crippen molar-refractivity contribution in [3.8, 4) is 34.1 Å². The summed E-state index contributed by atoms with van der Waals surface area (Å²) in [5, 5.41) is 7.06. The molecule has 0 aliphatic heterocycles. The van der Waals surface area contributed by atoms with Gasteiger partial charge in [-0.25, -0.2) is 9.37 Å². The second-order valence-corrected chi connectivity index (χ2v) is 6.78. The van der Waals surface area contributed by atoms with Gasteiger partial charge in [0.05, 0.1) is 10.7 Å². The zero-order valence-electron chi connectivity index (χ0n) is 13.7. The van der Waals surface area contributed by atoms with Crippen LogP contribution < -0.4 is 0 Å². The molecule has 0 bridgehead atoms. The predicted molar refractivity (Wildman–Crippen MR) is 95.7 cm³/mol. The molecule has 124 valence electrons. The predicted octanol–water partition coefficient (Wildman–Crippen LogP) is 5.28. The highest BCUT2D eigenvalue weighted by Gasteiger charge is 2.12. The lowest BCUT2D eigenvalue weighted by atomic mass is 10.1. The van der Waals surface area contributed by atoms with Crippen LogP contribution >= 0.6 is 11.3 Å². The number of benzene rings is 2. The molecule has 0 unspecified atom stereocenters. The molecule has 0 saturated carbocycles. The van der Waals surface area contributed by atoms with Gasteiger partial charge in [0.1, 0.15) is 5.82 Å². The maximum Gasteiger partial charge on any atom is 0.258 e. The normalized spacial score (nSPS) is 11.0. The van der Waals surface area contributed by atoms with Crippen LogP contribution in [-0.4, -0.2) is 15.1 Å². The Balaban J connectivity index is 1.62. The van der Waals surface area contributed by atoms with Crippen LogP contribution in [0, 0.1) is 19.7 Å². The molecule has 25 heavy (non-hydrogen) atoms. The van der Waals surface area contributed by atoms with Crippen LogP contribution in [0.25, 0.3) is 34.1 Å². The fourth-order valence-corrected chi connectivity index (χ4v) is 3.09. The van der Waals surface area contributed by atoms with Gasteiger partial charge in [0.2, 0.25) is 5.82 Å². The Bertz CT molecular complexity index is 1040. The summed E-state index contributed by atoms with van der Waals surface area (Å²) in [6.07, 6.45) is 0. The Morgan fingerprint density at radius 2 is 1.64 bits per heavy atom. The van der Waals surface area contributed by atoms with Crippen molar-refractivity contribution in [3.05, 3.63) is 64.2 Å². The summed E-state index contributed by atoms with van der Waals surface area (Å²) in [6.45, 7) is 3.70. The van der Waals surface area contributed by atoms with Crippen molar-refractivity contribution in [1.82, 2.24) is 15.1 Å². The summed E-state index contributed by atoms with van der Waals surface area (Å²) >= 11 is 1.62. The molecule has 0 aliphatic rings. The highest BCUT2D eigenvalue weighted by Crippen LogP contribution is 2.26. The molecular weight excluding hydrogens is 337 g/mol. The summed E-state index contributed by atoms with van der Waals surface area (Å²) < 4.78 is 19.0.